The number of rotatable bonds is 2. The first-order valence-electron chi connectivity index (χ1n) is 7.53. The minimum Gasteiger partial charge on any atom is -0.494 e. The molecule has 1 heterocycles. The van der Waals surface area contributed by atoms with Crippen LogP contribution in [-0.2, 0) is 4.79 Å². The molecule has 0 saturated heterocycles. The van der Waals surface area contributed by atoms with Gasteiger partial charge in [0.05, 0.1) is 10.6 Å². The largest absolute Gasteiger partial charge is 0.494 e. The molecule has 124 valence electrons. The Kier molecular flexibility index (Phi) is 3.11. The van der Waals surface area contributed by atoms with Gasteiger partial charge in [0, 0.05) is 29.5 Å². The third kappa shape index (κ3) is 1.88. The molecule has 0 unspecified atom stereocenters. The highest BCUT2D eigenvalue weighted by atomic mass is 35.5. The summed E-state index contributed by atoms with van der Waals surface area (Å²) in [6.45, 7) is 0. The van der Waals surface area contributed by atoms with Crippen molar-refractivity contribution in [2.75, 3.05) is 0 Å². The first-order chi connectivity index (χ1) is 11.4. The van der Waals surface area contributed by atoms with Crippen LogP contribution in [0.3, 0.4) is 0 Å². The first-order valence-corrected chi connectivity index (χ1v) is 7.91. The molecule has 2 N–H and O–H groups in total. The van der Waals surface area contributed by atoms with Gasteiger partial charge in [0.15, 0.2) is 0 Å². The van der Waals surface area contributed by atoms with Gasteiger partial charge in [0.1, 0.15) is 10.8 Å². The smallest absolute Gasteiger partial charge is 0.289 e. The molecule has 3 aliphatic rings. The lowest BCUT2D eigenvalue weighted by Gasteiger charge is -2.34. The van der Waals surface area contributed by atoms with Crippen molar-refractivity contribution in [1.29, 1.82) is 0 Å². The highest BCUT2D eigenvalue weighted by Crippen LogP contribution is 2.56. The van der Waals surface area contributed by atoms with E-state index in [9.17, 15) is 25.1 Å². The Balaban J connectivity index is 1.95. The third-order valence-corrected chi connectivity index (χ3v) is 5.30. The number of aromatic hydroxyl groups is 2. The number of Topliss-reactive ketones (excluding diaryl/α,β-unsaturated/α-hetero) is 1. The summed E-state index contributed by atoms with van der Waals surface area (Å²) in [6.07, 6.45) is 1.78. The number of ketones is 1. The molecule has 24 heavy (non-hydrogen) atoms. The van der Waals surface area contributed by atoms with Crippen LogP contribution in [0.5, 0.6) is 11.8 Å². The second-order valence-corrected chi connectivity index (χ2v) is 6.61. The van der Waals surface area contributed by atoms with E-state index >= 15 is 0 Å². The van der Waals surface area contributed by atoms with Crippen molar-refractivity contribution in [2.24, 2.45) is 0 Å². The number of hydrogen-bond donors (Lipinski definition) is 2. The fraction of sp³-hybridized carbons (Fsp3) is 0.312. The summed E-state index contributed by atoms with van der Waals surface area (Å²) >= 11 is 5.81. The van der Waals surface area contributed by atoms with E-state index in [4.69, 9.17) is 11.6 Å². The Bertz CT molecular complexity index is 904. The standard InChI is InChI=1S/C16H13ClN2O5/c17-10-4-2-8(6-11(10)19(23)24)18-15(21)13-7-1-3-9(12(20)5-7)14(13)16(18)22/h2,4,6-7,9,21-22H,1,3,5H2/t7-,9+/m0/s1. The van der Waals surface area contributed by atoms with Crippen LogP contribution in [0.25, 0.3) is 5.69 Å². The van der Waals surface area contributed by atoms with Crippen LogP contribution in [0.2, 0.25) is 5.02 Å². The first kappa shape index (κ1) is 15.0. The lowest BCUT2D eigenvalue weighted by atomic mass is 9.67. The molecule has 5 rings (SSSR count). The Morgan fingerprint density at radius 2 is 1.92 bits per heavy atom. The summed E-state index contributed by atoms with van der Waals surface area (Å²) in [6, 6.07) is 4.01. The van der Waals surface area contributed by atoms with Crippen molar-refractivity contribution in [2.45, 2.75) is 31.1 Å². The molecule has 0 aliphatic heterocycles. The second-order valence-electron chi connectivity index (χ2n) is 6.20. The number of carbonyl (C=O) groups is 1. The zero-order valence-corrected chi connectivity index (χ0v) is 13.2. The van der Waals surface area contributed by atoms with Gasteiger partial charge in [-0.3, -0.25) is 19.5 Å². The van der Waals surface area contributed by atoms with Gasteiger partial charge >= 0.3 is 0 Å². The fourth-order valence-electron chi connectivity index (χ4n) is 3.92. The Labute approximate surface area is 141 Å². The van der Waals surface area contributed by atoms with Gasteiger partial charge in [-0.05, 0) is 30.9 Å². The van der Waals surface area contributed by atoms with Crippen LogP contribution >= 0.6 is 11.6 Å². The average Bonchev–Trinajstić information content (AvgIpc) is 2.81. The summed E-state index contributed by atoms with van der Waals surface area (Å²) in [4.78, 5) is 22.5. The molecule has 3 aliphatic carbocycles. The Morgan fingerprint density at radius 3 is 2.58 bits per heavy atom. The normalized spacial score (nSPS) is 21.8. The number of nitro benzene ring substituents is 1. The van der Waals surface area contributed by atoms with Crippen LogP contribution in [0, 0.1) is 10.1 Å². The van der Waals surface area contributed by atoms with Crippen LogP contribution in [0.1, 0.15) is 42.2 Å². The van der Waals surface area contributed by atoms with E-state index < -0.39 is 10.8 Å². The maximum atomic E-state index is 12.1. The van der Waals surface area contributed by atoms with E-state index in [2.05, 4.69) is 0 Å². The van der Waals surface area contributed by atoms with Crippen LogP contribution in [0.4, 0.5) is 5.69 Å². The average molecular weight is 349 g/mol. The second kappa shape index (κ2) is 4.98. The van der Waals surface area contributed by atoms with Crippen molar-refractivity contribution in [3.8, 4) is 17.4 Å². The Morgan fingerprint density at radius 1 is 1.21 bits per heavy atom. The summed E-state index contributed by atoms with van der Waals surface area (Å²) < 4.78 is 1.15. The van der Waals surface area contributed by atoms with Gasteiger partial charge in [-0.2, -0.15) is 0 Å². The minimum absolute atomic E-state index is 0.0325. The van der Waals surface area contributed by atoms with Gasteiger partial charge in [-0.1, -0.05) is 11.6 Å². The number of nitro groups is 1. The fourth-order valence-corrected chi connectivity index (χ4v) is 4.11. The summed E-state index contributed by atoms with van der Waals surface area (Å²) in [5, 5.41) is 32.2. The number of benzene rings is 1. The molecule has 0 radical (unpaired) electrons. The third-order valence-electron chi connectivity index (χ3n) is 4.98. The SMILES string of the molecule is O=C1C[C@@H]2CC[C@H]1c1c2c(O)n(-c2ccc(Cl)c([N+](=O)[O-])c2)c1O. The summed E-state index contributed by atoms with van der Waals surface area (Å²) in [5.74, 6) is -0.872. The van der Waals surface area contributed by atoms with Crippen molar-refractivity contribution >= 4 is 23.1 Å². The van der Waals surface area contributed by atoms with E-state index in [0.29, 0.717) is 24.0 Å². The van der Waals surface area contributed by atoms with Crippen molar-refractivity contribution < 1.29 is 19.9 Å². The highest BCUT2D eigenvalue weighted by Gasteiger charge is 2.45. The van der Waals surface area contributed by atoms with E-state index in [1.165, 1.54) is 18.2 Å². The van der Waals surface area contributed by atoms with E-state index in [0.717, 1.165) is 11.0 Å². The van der Waals surface area contributed by atoms with Gasteiger partial charge in [-0.25, -0.2) is 0 Å². The van der Waals surface area contributed by atoms with E-state index in [1.54, 1.807) is 0 Å². The molecule has 7 nitrogen and oxygen atoms in total. The van der Waals surface area contributed by atoms with E-state index in [-0.39, 0.29) is 39.9 Å². The quantitative estimate of drug-likeness (QED) is 0.639. The Hall–Kier alpha value is -2.54. The topological polar surface area (TPSA) is 106 Å². The molecule has 1 saturated carbocycles. The number of aromatic nitrogens is 1. The molecule has 2 bridgehead atoms. The number of hydrogen-bond acceptors (Lipinski definition) is 5. The monoisotopic (exact) mass is 348 g/mol. The lowest BCUT2D eigenvalue weighted by molar-refractivity contribution is -0.384. The molecule has 2 atom stereocenters. The van der Waals surface area contributed by atoms with Gasteiger partial charge < -0.3 is 10.2 Å². The highest BCUT2D eigenvalue weighted by molar-refractivity contribution is 6.32. The maximum Gasteiger partial charge on any atom is 0.289 e. The maximum absolute atomic E-state index is 12.1. The number of halogens is 1. The number of nitrogens with zero attached hydrogens (tertiary/aromatic N) is 2. The van der Waals surface area contributed by atoms with Crippen LogP contribution < -0.4 is 0 Å². The molecular weight excluding hydrogens is 336 g/mol. The number of carbonyl (C=O) groups excluding carboxylic acids is 1. The van der Waals surface area contributed by atoms with Crippen molar-refractivity contribution in [1.82, 2.24) is 4.57 Å². The molecule has 8 heteroatoms. The van der Waals surface area contributed by atoms with Gasteiger partial charge in [-0.15, -0.1) is 0 Å². The summed E-state index contributed by atoms with van der Waals surface area (Å²) in [5.41, 5.74) is 0.944. The van der Waals surface area contributed by atoms with Crippen LogP contribution in [0.15, 0.2) is 18.2 Å². The molecule has 1 fully saturated rings. The molecule has 0 amide bonds. The molecule has 1 aromatic heterocycles. The zero-order valence-electron chi connectivity index (χ0n) is 12.4. The van der Waals surface area contributed by atoms with Crippen molar-refractivity contribution in [3.05, 3.63) is 44.5 Å². The van der Waals surface area contributed by atoms with Gasteiger partial charge in [0.25, 0.3) is 5.69 Å². The zero-order chi connectivity index (χ0) is 17.2. The van der Waals surface area contributed by atoms with Gasteiger partial charge in [0.2, 0.25) is 11.8 Å². The predicted octanol–water partition coefficient (Wildman–Crippen LogP) is 3.38. The summed E-state index contributed by atoms with van der Waals surface area (Å²) in [7, 11) is 0. The predicted molar refractivity (Wildman–Crippen MR) is 85.1 cm³/mol. The molecule has 1 aromatic carbocycles. The lowest BCUT2D eigenvalue weighted by Crippen LogP contribution is -2.28. The molecule has 2 aromatic rings. The van der Waals surface area contributed by atoms with E-state index in [1.807, 2.05) is 0 Å². The molecule has 0 spiro atoms. The minimum atomic E-state index is -0.628. The van der Waals surface area contributed by atoms with Crippen LogP contribution in [-0.4, -0.2) is 25.5 Å². The molecular formula is C16H13ClN2O5. The number of fused-ring (bicyclic) bond motifs is 2. The van der Waals surface area contributed by atoms with Crippen molar-refractivity contribution in [3.63, 3.8) is 0 Å².